The summed E-state index contributed by atoms with van der Waals surface area (Å²) < 4.78 is 1.34. The van der Waals surface area contributed by atoms with Gasteiger partial charge in [-0.25, -0.2) is 19.4 Å². The molecule has 6 nitrogen and oxygen atoms in total. The fraction of sp³-hybridized carbons (Fsp3) is 0.385. The van der Waals surface area contributed by atoms with Crippen LogP contribution in [0, 0.1) is 12.8 Å². The van der Waals surface area contributed by atoms with Gasteiger partial charge in [0.25, 0.3) is 0 Å². The van der Waals surface area contributed by atoms with Crippen LogP contribution in [0.4, 0.5) is 0 Å². The molecule has 2 aromatic heterocycles. The number of hydrogen-bond donors (Lipinski definition) is 1. The molecule has 0 aliphatic heterocycles. The highest BCUT2D eigenvalue weighted by atomic mass is 35.5. The first-order valence-electron chi connectivity index (χ1n) is 6.19. The second kappa shape index (κ2) is 5.58. The highest BCUT2D eigenvalue weighted by molar-refractivity contribution is 6.32. The SMILES string of the molecule is Cc1cc(-n2nc(CC(C)C)c(C(=O)O)c2Cl)ncn1. The Labute approximate surface area is 121 Å². The van der Waals surface area contributed by atoms with Gasteiger partial charge in [-0.3, -0.25) is 0 Å². The zero-order valence-corrected chi connectivity index (χ0v) is 12.2. The Balaban J connectivity index is 2.58. The molecule has 7 heteroatoms. The Morgan fingerprint density at radius 3 is 2.70 bits per heavy atom. The van der Waals surface area contributed by atoms with E-state index in [-0.39, 0.29) is 16.6 Å². The molecule has 0 fully saturated rings. The summed E-state index contributed by atoms with van der Waals surface area (Å²) in [7, 11) is 0. The van der Waals surface area contributed by atoms with Crippen LogP contribution in [-0.2, 0) is 6.42 Å². The summed E-state index contributed by atoms with van der Waals surface area (Å²) in [6, 6.07) is 1.70. The van der Waals surface area contributed by atoms with Gasteiger partial charge in [0.2, 0.25) is 0 Å². The Hall–Kier alpha value is -1.95. The number of carboxylic acids is 1. The lowest BCUT2D eigenvalue weighted by molar-refractivity contribution is 0.0695. The van der Waals surface area contributed by atoms with E-state index < -0.39 is 5.97 Å². The van der Waals surface area contributed by atoms with Gasteiger partial charge in [0.15, 0.2) is 5.82 Å². The fourth-order valence-corrected chi connectivity index (χ4v) is 2.20. The molecule has 0 bridgehead atoms. The number of nitrogens with zero attached hydrogens (tertiary/aromatic N) is 4. The van der Waals surface area contributed by atoms with Gasteiger partial charge in [0.1, 0.15) is 17.0 Å². The van der Waals surface area contributed by atoms with E-state index in [1.54, 1.807) is 6.07 Å². The smallest absolute Gasteiger partial charge is 0.340 e. The first-order valence-corrected chi connectivity index (χ1v) is 6.57. The molecule has 0 atom stereocenters. The topological polar surface area (TPSA) is 80.9 Å². The molecule has 106 valence electrons. The van der Waals surface area contributed by atoms with Crippen LogP contribution in [0.5, 0.6) is 0 Å². The summed E-state index contributed by atoms with van der Waals surface area (Å²) in [4.78, 5) is 19.4. The van der Waals surface area contributed by atoms with Gasteiger partial charge in [0, 0.05) is 11.8 Å². The summed E-state index contributed by atoms with van der Waals surface area (Å²) in [6.45, 7) is 5.80. The first-order chi connectivity index (χ1) is 9.40. The molecular weight excluding hydrogens is 280 g/mol. The van der Waals surface area contributed by atoms with Crippen molar-refractivity contribution in [3.05, 3.63) is 34.5 Å². The Morgan fingerprint density at radius 1 is 1.45 bits per heavy atom. The van der Waals surface area contributed by atoms with Gasteiger partial charge in [-0.1, -0.05) is 25.4 Å². The number of aromatic nitrogens is 4. The van der Waals surface area contributed by atoms with Crippen LogP contribution in [0.1, 0.15) is 35.6 Å². The van der Waals surface area contributed by atoms with Gasteiger partial charge < -0.3 is 5.11 Å². The van der Waals surface area contributed by atoms with E-state index in [4.69, 9.17) is 11.6 Å². The highest BCUT2D eigenvalue weighted by Gasteiger charge is 2.23. The van der Waals surface area contributed by atoms with E-state index in [1.807, 2.05) is 20.8 Å². The van der Waals surface area contributed by atoms with Crippen molar-refractivity contribution >= 4 is 17.6 Å². The average molecular weight is 295 g/mol. The predicted molar refractivity (Wildman–Crippen MR) is 74.4 cm³/mol. The molecule has 0 amide bonds. The minimum absolute atomic E-state index is 0.0385. The third kappa shape index (κ3) is 2.80. The van der Waals surface area contributed by atoms with E-state index >= 15 is 0 Å². The molecule has 0 saturated heterocycles. The molecule has 0 spiro atoms. The number of aromatic carboxylic acids is 1. The normalized spacial score (nSPS) is 11.1. The minimum Gasteiger partial charge on any atom is -0.478 e. The summed E-state index contributed by atoms with van der Waals surface area (Å²) in [5.74, 6) is -0.345. The maximum absolute atomic E-state index is 11.4. The second-order valence-electron chi connectivity index (χ2n) is 4.95. The van der Waals surface area contributed by atoms with Crippen molar-refractivity contribution in [3.8, 4) is 5.82 Å². The molecule has 20 heavy (non-hydrogen) atoms. The van der Waals surface area contributed by atoms with E-state index in [2.05, 4.69) is 15.1 Å². The summed E-state index contributed by atoms with van der Waals surface area (Å²) in [5, 5.41) is 13.7. The third-order valence-corrected chi connectivity index (χ3v) is 3.07. The van der Waals surface area contributed by atoms with E-state index in [9.17, 15) is 9.90 Å². The Morgan fingerprint density at radius 2 is 2.15 bits per heavy atom. The van der Waals surface area contributed by atoms with E-state index in [0.29, 0.717) is 17.9 Å². The first kappa shape index (κ1) is 14.5. The van der Waals surface area contributed by atoms with Crippen molar-refractivity contribution < 1.29 is 9.90 Å². The molecule has 0 aliphatic carbocycles. The number of hydrogen-bond acceptors (Lipinski definition) is 4. The molecule has 1 N–H and O–H groups in total. The summed E-state index contributed by atoms with van der Waals surface area (Å²) >= 11 is 6.15. The quantitative estimate of drug-likeness (QED) is 0.937. The molecule has 2 aromatic rings. The fourth-order valence-electron chi connectivity index (χ4n) is 1.89. The Bertz CT molecular complexity index is 652. The van der Waals surface area contributed by atoms with Crippen LogP contribution >= 0.6 is 11.6 Å². The van der Waals surface area contributed by atoms with Crippen LogP contribution in [0.2, 0.25) is 5.15 Å². The summed E-state index contributed by atoms with van der Waals surface area (Å²) in [5.41, 5.74) is 1.26. The van der Waals surface area contributed by atoms with Crippen molar-refractivity contribution in [3.63, 3.8) is 0 Å². The number of carbonyl (C=O) groups is 1. The monoisotopic (exact) mass is 294 g/mol. The van der Waals surface area contributed by atoms with Crippen molar-refractivity contribution in [2.45, 2.75) is 27.2 Å². The van der Waals surface area contributed by atoms with E-state index in [1.165, 1.54) is 11.0 Å². The lowest BCUT2D eigenvalue weighted by Crippen LogP contribution is -2.04. The van der Waals surface area contributed by atoms with Crippen LogP contribution in [0.25, 0.3) is 5.82 Å². The zero-order valence-electron chi connectivity index (χ0n) is 11.5. The second-order valence-corrected chi connectivity index (χ2v) is 5.30. The molecule has 0 radical (unpaired) electrons. The third-order valence-electron chi connectivity index (χ3n) is 2.72. The van der Waals surface area contributed by atoms with Crippen LogP contribution in [-0.4, -0.2) is 30.8 Å². The van der Waals surface area contributed by atoms with Gasteiger partial charge in [0.05, 0.1) is 5.69 Å². The summed E-state index contributed by atoms with van der Waals surface area (Å²) in [6.07, 6.45) is 1.93. The zero-order chi connectivity index (χ0) is 14.9. The predicted octanol–water partition coefficient (Wildman–Crippen LogP) is 2.52. The van der Waals surface area contributed by atoms with Crippen molar-refractivity contribution in [1.82, 2.24) is 19.7 Å². The van der Waals surface area contributed by atoms with E-state index in [0.717, 1.165) is 5.69 Å². The number of carboxylic acid groups (broad SMARTS) is 1. The minimum atomic E-state index is -1.08. The van der Waals surface area contributed by atoms with Crippen LogP contribution < -0.4 is 0 Å². The molecule has 0 saturated carbocycles. The van der Waals surface area contributed by atoms with Crippen molar-refractivity contribution in [2.24, 2.45) is 5.92 Å². The Kier molecular flexibility index (Phi) is 4.04. The lowest BCUT2D eigenvalue weighted by Gasteiger charge is -2.02. The molecule has 0 unspecified atom stereocenters. The maximum Gasteiger partial charge on any atom is 0.340 e. The van der Waals surface area contributed by atoms with Crippen LogP contribution in [0.3, 0.4) is 0 Å². The molecule has 0 aliphatic rings. The van der Waals surface area contributed by atoms with Crippen LogP contribution in [0.15, 0.2) is 12.4 Å². The number of halogens is 1. The van der Waals surface area contributed by atoms with Crippen molar-refractivity contribution in [1.29, 1.82) is 0 Å². The van der Waals surface area contributed by atoms with Gasteiger partial charge in [-0.05, 0) is 19.3 Å². The number of rotatable bonds is 4. The highest BCUT2D eigenvalue weighted by Crippen LogP contribution is 2.25. The van der Waals surface area contributed by atoms with Gasteiger partial charge >= 0.3 is 5.97 Å². The average Bonchev–Trinajstić information content (AvgIpc) is 2.65. The largest absolute Gasteiger partial charge is 0.478 e. The molecule has 2 rings (SSSR count). The molecular formula is C13H15ClN4O2. The van der Waals surface area contributed by atoms with Gasteiger partial charge in [-0.2, -0.15) is 5.10 Å². The molecule has 2 heterocycles. The lowest BCUT2D eigenvalue weighted by atomic mass is 10.1. The standard InChI is InChI=1S/C13H15ClN4O2/c1-7(2)4-9-11(13(19)20)12(14)18(17-9)10-5-8(3)15-6-16-10/h5-7H,4H2,1-3H3,(H,19,20). The van der Waals surface area contributed by atoms with Gasteiger partial charge in [-0.15, -0.1) is 0 Å². The molecule has 0 aromatic carbocycles. The maximum atomic E-state index is 11.4. The van der Waals surface area contributed by atoms with Crippen molar-refractivity contribution in [2.75, 3.05) is 0 Å². The number of aryl methyl sites for hydroxylation is 1.